The maximum atomic E-state index is 13.3. The first-order valence-electron chi connectivity index (χ1n) is 10.3. The number of ketones is 1. The van der Waals surface area contributed by atoms with Crippen LogP contribution in [0, 0.1) is 6.92 Å². The molecule has 4 rings (SSSR count). The summed E-state index contributed by atoms with van der Waals surface area (Å²) in [6.45, 7) is 9.11. The summed E-state index contributed by atoms with van der Waals surface area (Å²) in [5.74, 6) is 0.135. The predicted octanol–water partition coefficient (Wildman–Crippen LogP) is 4.14. The van der Waals surface area contributed by atoms with Gasteiger partial charge in [0.05, 0.1) is 5.56 Å². The highest BCUT2D eigenvalue weighted by Crippen LogP contribution is 2.29. The van der Waals surface area contributed by atoms with Crippen LogP contribution in [0.25, 0.3) is 11.3 Å². The lowest BCUT2D eigenvalue weighted by Gasteiger charge is -2.36. The molecule has 7 nitrogen and oxygen atoms in total. The van der Waals surface area contributed by atoms with E-state index in [2.05, 4.69) is 44.8 Å². The molecule has 2 aromatic heterocycles. The SMILES string of the molecule is Cc1onc(-c2ccc(Br)cc2)c1C(=O)c1c[nH]c(C(=O)N2CCN(C(C)C)CC2)c1. The topological polar surface area (TPSA) is 82.4 Å². The molecule has 0 atom stereocenters. The van der Waals surface area contributed by atoms with E-state index < -0.39 is 0 Å². The monoisotopic (exact) mass is 484 g/mol. The number of carbonyl (C=O) groups is 2. The van der Waals surface area contributed by atoms with Gasteiger partial charge in [0.2, 0.25) is 0 Å². The first-order chi connectivity index (χ1) is 14.8. The smallest absolute Gasteiger partial charge is 0.270 e. The Kier molecular flexibility index (Phi) is 6.11. The van der Waals surface area contributed by atoms with Crippen LogP contribution in [0.3, 0.4) is 0 Å². The predicted molar refractivity (Wildman–Crippen MR) is 121 cm³/mol. The van der Waals surface area contributed by atoms with Crippen molar-refractivity contribution in [2.75, 3.05) is 26.2 Å². The minimum atomic E-state index is -0.225. The number of nitrogens with one attached hydrogen (secondary N) is 1. The third-order valence-corrected chi connectivity index (χ3v) is 6.24. The molecule has 0 unspecified atom stereocenters. The summed E-state index contributed by atoms with van der Waals surface area (Å²) in [6, 6.07) is 9.62. The highest BCUT2D eigenvalue weighted by molar-refractivity contribution is 9.10. The van der Waals surface area contributed by atoms with Crippen molar-refractivity contribution in [3.63, 3.8) is 0 Å². The Balaban J connectivity index is 1.54. The van der Waals surface area contributed by atoms with Gasteiger partial charge in [-0.2, -0.15) is 0 Å². The Labute approximate surface area is 189 Å². The summed E-state index contributed by atoms with van der Waals surface area (Å²) in [4.78, 5) is 33.3. The van der Waals surface area contributed by atoms with Crippen LogP contribution in [-0.4, -0.2) is 63.9 Å². The van der Waals surface area contributed by atoms with E-state index in [1.807, 2.05) is 29.2 Å². The number of carbonyl (C=O) groups excluding carboxylic acids is 2. The van der Waals surface area contributed by atoms with Gasteiger partial charge in [0.1, 0.15) is 17.1 Å². The Hall–Kier alpha value is -2.71. The maximum absolute atomic E-state index is 13.3. The number of amides is 1. The van der Waals surface area contributed by atoms with Crippen molar-refractivity contribution in [1.82, 2.24) is 19.9 Å². The highest BCUT2D eigenvalue weighted by Gasteiger charge is 2.27. The summed E-state index contributed by atoms with van der Waals surface area (Å²) in [6.07, 6.45) is 1.58. The number of aromatic amines is 1. The number of aryl methyl sites for hydroxylation is 1. The van der Waals surface area contributed by atoms with Gasteiger partial charge in [0, 0.05) is 54.0 Å². The molecule has 0 radical (unpaired) electrons. The molecule has 1 N–H and O–H groups in total. The number of rotatable bonds is 5. The number of hydrogen-bond acceptors (Lipinski definition) is 5. The van der Waals surface area contributed by atoms with Gasteiger partial charge in [0.25, 0.3) is 5.91 Å². The van der Waals surface area contributed by atoms with E-state index in [4.69, 9.17) is 4.52 Å². The van der Waals surface area contributed by atoms with Gasteiger partial charge < -0.3 is 14.4 Å². The lowest BCUT2D eigenvalue weighted by molar-refractivity contribution is 0.0590. The third-order valence-electron chi connectivity index (χ3n) is 5.71. The van der Waals surface area contributed by atoms with Crippen LogP contribution in [0.1, 0.15) is 46.0 Å². The Morgan fingerprint density at radius 2 is 1.81 bits per heavy atom. The quantitative estimate of drug-likeness (QED) is 0.550. The minimum absolute atomic E-state index is 0.0855. The zero-order chi connectivity index (χ0) is 22.1. The second-order valence-corrected chi connectivity index (χ2v) is 8.94. The Bertz CT molecular complexity index is 1090. The molecule has 1 aliphatic rings. The van der Waals surface area contributed by atoms with Gasteiger partial charge in [-0.3, -0.25) is 14.5 Å². The molecule has 162 valence electrons. The molecule has 1 aromatic carbocycles. The van der Waals surface area contributed by atoms with Gasteiger partial charge >= 0.3 is 0 Å². The minimum Gasteiger partial charge on any atom is -0.360 e. The van der Waals surface area contributed by atoms with Crippen LogP contribution >= 0.6 is 15.9 Å². The maximum Gasteiger partial charge on any atom is 0.270 e. The van der Waals surface area contributed by atoms with Crippen LogP contribution in [-0.2, 0) is 0 Å². The van der Waals surface area contributed by atoms with E-state index in [-0.39, 0.29) is 11.7 Å². The van der Waals surface area contributed by atoms with E-state index in [1.54, 1.807) is 19.2 Å². The molecular formula is C23H25BrN4O3. The average Bonchev–Trinajstić information content (AvgIpc) is 3.41. The van der Waals surface area contributed by atoms with Gasteiger partial charge in [0.15, 0.2) is 5.78 Å². The summed E-state index contributed by atoms with van der Waals surface area (Å²) in [5, 5.41) is 4.10. The van der Waals surface area contributed by atoms with Crippen molar-refractivity contribution in [2.45, 2.75) is 26.8 Å². The van der Waals surface area contributed by atoms with Gasteiger partial charge in [-0.1, -0.05) is 33.2 Å². The highest BCUT2D eigenvalue weighted by atomic mass is 79.9. The normalized spacial score (nSPS) is 14.9. The van der Waals surface area contributed by atoms with Crippen LogP contribution in [0.15, 0.2) is 45.5 Å². The van der Waals surface area contributed by atoms with Crippen molar-refractivity contribution in [3.8, 4) is 11.3 Å². The van der Waals surface area contributed by atoms with Crippen LogP contribution in [0.5, 0.6) is 0 Å². The molecule has 1 aliphatic heterocycles. The van der Waals surface area contributed by atoms with Crippen molar-refractivity contribution < 1.29 is 14.1 Å². The molecule has 0 saturated carbocycles. The van der Waals surface area contributed by atoms with Crippen LogP contribution in [0.4, 0.5) is 0 Å². The summed E-state index contributed by atoms with van der Waals surface area (Å²) >= 11 is 3.41. The zero-order valence-corrected chi connectivity index (χ0v) is 19.4. The molecule has 1 amide bonds. The molecule has 0 aliphatic carbocycles. The van der Waals surface area contributed by atoms with E-state index in [0.29, 0.717) is 47.4 Å². The zero-order valence-electron chi connectivity index (χ0n) is 17.8. The van der Waals surface area contributed by atoms with Crippen molar-refractivity contribution in [3.05, 3.63) is 63.6 Å². The van der Waals surface area contributed by atoms with Gasteiger partial charge in [-0.05, 0) is 39.0 Å². The fourth-order valence-electron chi connectivity index (χ4n) is 3.85. The standard InChI is InChI=1S/C23H25BrN4O3/c1-14(2)27-8-10-28(11-9-27)23(30)19-12-17(13-25-19)22(29)20-15(3)31-26-21(20)16-4-6-18(24)7-5-16/h4-7,12-14,25H,8-11H2,1-3H3. The van der Waals surface area contributed by atoms with E-state index in [0.717, 1.165) is 23.1 Å². The molecule has 31 heavy (non-hydrogen) atoms. The molecule has 1 fully saturated rings. The van der Waals surface area contributed by atoms with Gasteiger partial charge in [-0.15, -0.1) is 0 Å². The summed E-state index contributed by atoms with van der Waals surface area (Å²) in [7, 11) is 0. The lowest BCUT2D eigenvalue weighted by atomic mass is 9.99. The number of hydrogen-bond donors (Lipinski definition) is 1. The first-order valence-corrected chi connectivity index (χ1v) is 11.1. The van der Waals surface area contributed by atoms with E-state index in [9.17, 15) is 9.59 Å². The summed E-state index contributed by atoms with van der Waals surface area (Å²) < 4.78 is 6.27. The van der Waals surface area contributed by atoms with E-state index >= 15 is 0 Å². The number of halogens is 1. The molecular weight excluding hydrogens is 460 g/mol. The number of nitrogens with zero attached hydrogens (tertiary/aromatic N) is 3. The molecule has 0 spiro atoms. The fourth-order valence-corrected chi connectivity index (χ4v) is 4.11. The van der Waals surface area contributed by atoms with Crippen LogP contribution < -0.4 is 0 Å². The second-order valence-electron chi connectivity index (χ2n) is 8.02. The second kappa shape index (κ2) is 8.80. The molecule has 8 heteroatoms. The number of H-pyrrole nitrogens is 1. The molecule has 3 aromatic rings. The number of aromatic nitrogens is 2. The van der Waals surface area contributed by atoms with Crippen molar-refractivity contribution >= 4 is 27.6 Å². The van der Waals surface area contributed by atoms with Crippen molar-refractivity contribution in [2.24, 2.45) is 0 Å². The summed E-state index contributed by atoms with van der Waals surface area (Å²) in [5.41, 5.74) is 2.52. The Morgan fingerprint density at radius 3 is 2.45 bits per heavy atom. The number of piperazine rings is 1. The lowest BCUT2D eigenvalue weighted by Crippen LogP contribution is -2.50. The van der Waals surface area contributed by atoms with Crippen molar-refractivity contribution in [1.29, 1.82) is 0 Å². The first kappa shape index (κ1) is 21.5. The van der Waals surface area contributed by atoms with Crippen LogP contribution in [0.2, 0.25) is 0 Å². The van der Waals surface area contributed by atoms with Gasteiger partial charge in [-0.25, -0.2) is 0 Å². The molecule has 3 heterocycles. The fraction of sp³-hybridized carbons (Fsp3) is 0.348. The largest absolute Gasteiger partial charge is 0.360 e. The number of benzene rings is 1. The Morgan fingerprint density at radius 1 is 1.13 bits per heavy atom. The molecule has 0 bridgehead atoms. The van der Waals surface area contributed by atoms with E-state index in [1.165, 1.54) is 0 Å². The third kappa shape index (κ3) is 4.36. The molecule has 1 saturated heterocycles. The average molecular weight is 485 g/mol.